The Hall–Kier alpha value is -4.24. The first kappa shape index (κ1) is 26.8. The van der Waals surface area contributed by atoms with Crippen molar-refractivity contribution in [3.8, 4) is 17.5 Å². The Morgan fingerprint density at radius 3 is 2.71 bits per heavy atom. The average Bonchev–Trinajstić information content (AvgIpc) is 3.30. The van der Waals surface area contributed by atoms with Crippen molar-refractivity contribution in [2.24, 2.45) is 5.92 Å². The van der Waals surface area contributed by atoms with Crippen LogP contribution in [0, 0.1) is 17.2 Å². The molecular weight excluding hydrogens is 491 g/mol. The van der Waals surface area contributed by atoms with Gasteiger partial charge in [0.05, 0.1) is 52.1 Å². The maximum atomic E-state index is 14.3. The average molecular weight is 523 g/mol. The number of halogens is 1. The fraction of sp³-hybridized carbons (Fsp3) is 0.423. The summed E-state index contributed by atoms with van der Waals surface area (Å²) in [6.45, 7) is 2.88. The maximum Gasteiger partial charge on any atom is 0.314 e. The minimum atomic E-state index is -1.65. The van der Waals surface area contributed by atoms with E-state index in [0.29, 0.717) is 35.1 Å². The molecule has 1 fully saturated rings. The van der Waals surface area contributed by atoms with E-state index in [1.165, 1.54) is 26.2 Å². The summed E-state index contributed by atoms with van der Waals surface area (Å²) >= 11 is 0. The van der Waals surface area contributed by atoms with Gasteiger partial charge in [-0.2, -0.15) is 10.4 Å². The van der Waals surface area contributed by atoms with E-state index in [1.807, 2.05) is 12.1 Å². The molecule has 0 spiro atoms. The summed E-state index contributed by atoms with van der Waals surface area (Å²) in [7, 11) is 1.56. The molecule has 1 atom stereocenters. The second-order valence-electron chi connectivity index (χ2n) is 10.00. The number of aromatic nitrogens is 3. The van der Waals surface area contributed by atoms with Crippen LogP contribution in [0.15, 0.2) is 36.7 Å². The summed E-state index contributed by atoms with van der Waals surface area (Å²) in [5.74, 6) is -0.219. The van der Waals surface area contributed by atoms with Crippen LogP contribution in [-0.4, -0.2) is 69.6 Å². The van der Waals surface area contributed by atoms with E-state index >= 15 is 0 Å². The number of nitrogens with zero attached hydrogens (tertiary/aromatic N) is 4. The first-order valence-electron chi connectivity index (χ1n) is 12.3. The van der Waals surface area contributed by atoms with Gasteiger partial charge in [0.2, 0.25) is 0 Å². The van der Waals surface area contributed by atoms with Gasteiger partial charge in [-0.3, -0.25) is 9.78 Å². The number of anilines is 1. The third-order valence-electron chi connectivity index (χ3n) is 6.62. The Labute approximate surface area is 219 Å². The minimum Gasteiger partial charge on any atom is -0.387 e. The van der Waals surface area contributed by atoms with Crippen molar-refractivity contribution in [3.05, 3.63) is 47.8 Å². The SMILES string of the molecule is CNC(=O)NCC1CC(Nc2cc(-c3ccc4cc(C#N)cnn34)ncc2C(=O)NC[C@@H](F)C(C)(C)O)C1. The molecule has 11 nitrogen and oxygen atoms in total. The number of fused-ring (bicyclic) bond motifs is 1. The molecule has 0 aliphatic heterocycles. The van der Waals surface area contributed by atoms with Crippen molar-refractivity contribution < 1.29 is 19.1 Å². The number of nitriles is 1. The van der Waals surface area contributed by atoms with Gasteiger partial charge in [-0.1, -0.05) is 0 Å². The van der Waals surface area contributed by atoms with Crippen LogP contribution in [0.5, 0.6) is 0 Å². The van der Waals surface area contributed by atoms with Gasteiger partial charge in [-0.25, -0.2) is 13.7 Å². The van der Waals surface area contributed by atoms with Crippen LogP contribution < -0.4 is 21.3 Å². The Balaban J connectivity index is 1.56. The molecule has 200 valence electrons. The molecule has 3 amide bonds. The number of amides is 3. The van der Waals surface area contributed by atoms with Gasteiger partial charge in [0.1, 0.15) is 12.2 Å². The van der Waals surface area contributed by atoms with E-state index in [9.17, 15) is 19.1 Å². The van der Waals surface area contributed by atoms with Gasteiger partial charge in [-0.05, 0) is 56.9 Å². The standard InChI is InChI=1S/C26H31FN8O3/c1-26(2,38)23(27)14-31-24(36)19-13-30-21(22-5-4-18-8-16(10-28)12-33-35(18)22)9-20(19)34-17-6-15(7-17)11-32-25(37)29-3/h4-5,8-9,12-13,15,17,23,38H,6-7,11,14H2,1-3H3,(H,30,34)(H,31,36)(H2,29,32,37)/t15?,17?,23-/m1/s1. The third kappa shape index (κ3) is 6.00. The highest BCUT2D eigenvalue weighted by Gasteiger charge is 2.31. The fourth-order valence-electron chi connectivity index (χ4n) is 4.24. The van der Waals surface area contributed by atoms with Crippen LogP contribution in [0.1, 0.15) is 42.6 Å². The number of rotatable bonds is 9. The van der Waals surface area contributed by atoms with Crippen molar-refractivity contribution in [2.45, 2.75) is 44.5 Å². The molecule has 1 aliphatic carbocycles. The van der Waals surface area contributed by atoms with E-state index in [-0.39, 0.29) is 24.2 Å². The highest BCUT2D eigenvalue weighted by atomic mass is 19.1. The number of urea groups is 1. The van der Waals surface area contributed by atoms with Crippen molar-refractivity contribution >= 4 is 23.1 Å². The highest BCUT2D eigenvalue weighted by Crippen LogP contribution is 2.32. The van der Waals surface area contributed by atoms with Crippen LogP contribution in [0.25, 0.3) is 16.9 Å². The van der Waals surface area contributed by atoms with Crippen LogP contribution in [0.3, 0.4) is 0 Å². The van der Waals surface area contributed by atoms with Crippen LogP contribution in [0.2, 0.25) is 0 Å². The number of hydrogen-bond acceptors (Lipinski definition) is 7. The first-order valence-corrected chi connectivity index (χ1v) is 12.3. The molecule has 0 saturated heterocycles. The van der Waals surface area contributed by atoms with Gasteiger partial charge in [-0.15, -0.1) is 0 Å². The fourth-order valence-corrected chi connectivity index (χ4v) is 4.24. The van der Waals surface area contributed by atoms with Gasteiger partial charge in [0.25, 0.3) is 5.91 Å². The zero-order chi connectivity index (χ0) is 27.4. The van der Waals surface area contributed by atoms with Gasteiger partial charge in [0, 0.05) is 25.8 Å². The predicted molar refractivity (Wildman–Crippen MR) is 139 cm³/mol. The molecular formula is C26H31FN8O3. The number of aliphatic hydroxyl groups is 1. The smallest absolute Gasteiger partial charge is 0.314 e. The van der Waals surface area contributed by atoms with E-state index in [4.69, 9.17) is 5.26 Å². The molecule has 0 bridgehead atoms. The first-order chi connectivity index (χ1) is 18.1. The molecule has 0 unspecified atom stereocenters. The minimum absolute atomic E-state index is 0.0685. The highest BCUT2D eigenvalue weighted by molar-refractivity contribution is 6.00. The second-order valence-corrected chi connectivity index (χ2v) is 10.00. The molecule has 4 rings (SSSR count). The normalized spacial score (nSPS) is 17.7. The largest absolute Gasteiger partial charge is 0.387 e. The van der Waals surface area contributed by atoms with Gasteiger partial charge >= 0.3 is 6.03 Å². The van der Waals surface area contributed by atoms with E-state index < -0.39 is 17.7 Å². The zero-order valence-electron chi connectivity index (χ0n) is 21.5. The summed E-state index contributed by atoms with van der Waals surface area (Å²) in [4.78, 5) is 28.9. The number of alkyl halides is 1. The Morgan fingerprint density at radius 2 is 2.03 bits per heavy atom. The number of pyridine rings is 1. The lowest BCUT2D eigenvalue weighted by atomic mass is 9.80. The summed E-state index contributed by atoms with van der Waals surface area (Å²) in [6.07, 6.45) is 2.83. The van der Waals surface area contributed by atoms with Gasteiger partial charge in [0.15, 0.2) is 0 Å². The molecule has 12 heteroatoms. The molecule has 1 aliphatic rings. The monoisotopic (exact) mass is 522 g/mol. The predicted octanol–water partition coefficient (Wildman–Crippen LogP) is 2.23. The number of hydrogen-bond donors (Lipinski definition) is 5. The van der Waals surface area contributed by atoms with Crippen molar-refractivity contribution in [1.29, 1.82) is 5.26 Å². The molecule has 3 aromatic heterocycles. The second kappa shape index (κ2) is 11.0. The number of carbonyl (C=O) groups is 2. The summed E-state index contributed by atoms with van der Waals surface area (Å²) in [6, 6.07) is 9.02. The molecule has 3 heterocycles. The Morgan fingerprint density at radius 1 is 1.26 bits per heavy atom. The van der Waals surface area contributed by atoms with E-state index in [1.54, 1.807) is 23.7 Å². The van der Waals surface area contributed by atoms with Crippen LogP contribution in [-0.2, 0) is 0 Å². The lowest BCUT2D eigenvalue weighted by molar-refractivity contribution is -0.00177. The van der Waals surface area contributed by atoms with Gasteiger partial charge < -0.3 is 26.4 Å². The molecule has 3 aromatic rings. The third-order valence-corrected chi connectivity index (χ3v) is 6.62. The summed E-state index contributed by atoms with van der Waals surface area (Å²) in [5, 5.41) is 34.6. The van der Waals surface area contributed by atoms with Crippen LogP contribution >= 0.6 is 0 Å². The summed E-state index contributed by atoms with van der Waals surface area (Å²) < 4.78 is 15.9. The maximum absolute atomic E-state index is 14.3. The van der Waals surface area contributed by atoms with E-state index in [2.05, 4.69) is 37.4 Å². The van der Waals surface area contributed by atoms with E-state index in [0.717, 1.165) is 18.4 Å². The lowest BCUT2D eigenvalue weighted by Gasteiger charge is -2.37. The Kier molecular flexibility index (Phi) is 7.78. The Bertz CT molecular complexity index is 1370. The van der Waals surface area contributed by atoms with Crippen molar-refractivity contribution in [1.82, 2.24) is 30.5 Å². The van der Waals surface area contributed by atoms with Crippen molar-refractivity contribution in [3.63, 3.8) is 0 Å². The van der Waals surface area contributed by atoms with Crippen LogP contribution in [0.4, 0.5) is 14.9 Å². The molecule has 38 heavy (non-hydrogen) atoms. The molecule has 0 aromatic carbocycles. The topological polar surface area (TPSA) is 156 Å². The molecule has 0 radical (unpaired) electrons. The zero-order valence-corrected chi connectivity index (χ0v) is 21.5. The number of carbonyl (C=O) groups excluding carboxylic acids is 2. The quantitative estimate of drug-likeness (QED) is 0.288. The summed E-state index contributed by atoms with van der Waals surface area (Å²) in [5.41, 5.74) is 1.57. The number of nitrogens with one attached hydrogen (secondary N) is 4. The van der Waals surface area contributed by atoms with Crippen molar-refractivity contribution in [2.75, 3.05) is 25.5 Å². The lowest BCUT2D eigenvalue weighted by Crippen LogP contribution is -2.44. The molecule has 5 N–H and O–H groups in total. The molecule has 1 saturated carbocycles.